The number of carbonyl (C=O) groups is 1. The fourth-order valence-corrected chi connectivity index (χ4v) is 2.30. The van der Waals surface area contributed by atoms with Gasteiger partial charge in [-0.05, 0) is 40.0 Å². The van der Waals surface area contributed by atoms with Crippen LogP contribution in [0.4, 0.5) is 0 Å². The van der Waals surface area contributed by atoms with E-state index in [1.54, 1.807) is 6.08 Å². The van der Waals surface area contributed by atoms with E-state index in [1.807, 2.05) is 26.8 Å². The maximum absolute atomic E-state index is 12.3. The van der Waals surface area contributed by atoms with Crippen LogP contribution >= 0.6 is 0 Å². The summed E-state index contributed by atoms with van der Waals surface area (Å²) in [6.45, 7) is 9.89. The lowest BCUT2D eigenvalue weighted by Gasteiger charge is -2.25. The van der Waals surface area contributed by atoms with E-state index in [-0.39, 0.29) is 5.97 Å². The molecule has 3 heteroatoms. The number of allylic oxidation sites excluding steroid dienone is 1. The van der Waals surface area contributed by atoms with E-state index >= 15 is 0 Å². The molecule has 22 heavy (non-hydrogen) atoms. The molecule has 0 heterocycles. The van der Waals surface area contributed by atoms with Crippen LogP contribution in [0.15, 0.2) is 12.2 Å². The second-order valence-corrected chi connectivity index (χ2v) is 7.05. The van der Waals surface area contributed by atoms with Crippen LogP contribution in [0, 0.1) is 5.92 Å². The minimum absolute atomic E-state index is 0.283. The molecule has 130 valence electrons. The molecule has 0 saturated carbocycles. The molecule has 0 amide bonds. The number of ether oxygens (including phenoxy) is 1. The van der Waals surface area contributed by atoms with Gasteiger partial charge in [0.15, 0.2) is 0 Å². The fourth-order valence-electron chi connectivity index (χ4n) is 2.30. The number of hydrogen-bond donors (Lipinski definition) is 1. The van der Waals surface area contributed by atoms with E-state index < -0.39 is 17.6 Å². The standard InChI is InChI=1S/C19H36O3/c1-6-8-10-11-13-15-17(20)16(14-12-9-7-2)18(21)22-19(3,4)5/h13,15-17,20H,6-12,14H2,1-5H3/b15-13-. The number of esters is 1. The van der Waals surface area contributed by atoms with Crippen LogP contribution in [0.5, 0.6) is 0 Å². The molecule has 0 aromatic carbocycles. The van der Waals surface area contributed by atoms with E-state index in [1.165, 1.54) is 12.8 Å². The highest BCUT2D eigenvalue weighted by atomic mass is 16.6. The Morgan fingerprint density at radius 2 is 1.68 bits per heavy atom. The molecule has 0 fully saturated rings. The van der Waals surface area contributed by atoms with Gasteiger partial charge in [0.1, 0.15) is 5.60 Å². The molecule has 2 unspecified atom stereocenters. The summed E-state index contributed by atoms with van der Waals surface area (Å²) < 4.78 is 5.46. The van der Waals surface area contributed by atoms with E-state index in [2.05, 4.69) is 13.8 Å². The predicted octanol–water partition coefficient (Wildman–Crippen LogP) is 5.02. The third kappa shape index (κ3) is 10.8. The lowest BCUT2D eigenvalue weighted by Crippen LogP contribution is -2.34. The van der Waals surface area contributed by atoms with Gasteiger partial charge in [0, 0.05) is 0 Å². The van der Waals surface area contributed by atoms with Gasteiger partial charge in [-0.3, -0.25) is 4.79 Å². The first-order valence-corrected chi connectivity index (χ1v) is 8.89. The zero-order valence-electron chi connectivity index (χ0n) is 15.2. The first-order chi connectivity index (χ1) is 10.3. The van der Waals surface area contributed by atoms with Crippen molar-refractivity contribution in [2.45, 2.75) is 97.7 Å². The van der Waals surface area contributed by atoms with E-state index in [0.29, 0.717) is 6.42 Å². The Balaban J connectivity index is 4.57. The minimum Gasteiger partial charge on any atom is -0.460 e. The Hall–Kier alpha value is -0.830. The summed E-state index contributed by atoms with van der Waals surface area (Å²) >= 11 is 0. The van der Waals surface area contributed by atoms with Gasteiger partial charge >= 0.3 is 5.97 Å². The minimum atomic E-state index is -0.742. The fraction of sp³-hybridized carbons (Fsp3) is 0.842. The Bertz CT molecular complexity index is 315. The number of hydrogen-bond acceptors (Lipinski definition) is 3. The van der Waals surface area contributed by atoms with Gasteiger partial charge < -0.3 is 9.84 Å². The summed E-state index contributed by atoms with van der Waals surface area (Å²) in [5.41, 5.74) is -0.509. The van der Waals surface area contributed by atoms with Crippen LogP contribution in [0.25, 0.3) is 0 Å². The normalized spacial score (nSPS) is 15.0. The number of aliphatic hydroxyl groups is 1. The van der Waals surface area contributed by atoms with Crippen LogP contribution in [0.2, 0.25) is 0 Å². The van der Waals surface area contributed by atoms with Crippen molar-refractivity contribution in [2.75, 3.05) is 0 Å². The Labute approximate surface area is 137 Å². The lowest BCUT2D eigenvalue weighted by molar-refractivity contribution is -0.163. The molecular formula is C19H36O3. The summed E-state index contributed by atoms with van der Waals surface area (Å²) in [4.78, 5) is 12.3. The molecule has 0 aliphatic carbocycles. The van der Waals surface area contributed by atoms with Crippen molar-refractivity contribution in [3.8, 4) is 0 Å². The van der Waals surface area contributed by atoms with Crippen LogP contribution in [-0.4, -0.2) is 22.8 Å². The summed E-state index contributed by atoms with van der Waals surface area (Å²) in [5.74, 6) is -0.734. The smallest absolute Gasteiger partial charge is 0.312 e. The zero-order chi connectivity index (χ0) is 17.0. The average molecular weight is 312 g/mol. The molecule has 0 bridgehead atoms. The van der Waals surface area contributed by atoms with Crippen molar-refractivity contribution in [3.05, 3.63) is 12.2 Å². The van der Waals surface area contributed by atoms with E-state index in [4.69, 9.17) is 4.74 Å². The topological polar surface area (TPSA) is 46.5 Å². The first-order valence-electron chi connectivity index (χ1n) is 8.89. The third-order valence-corrected chi connectivity index (χ3v) is 3.55. The number of carbonyl (C=O) groups excluding carboxylic acids is 1. The number of unbranched alkanes of at least 4 members (excludes halogenated alkanes) is 5. The van der Waals surface area contributed by atoms with Crippen LogP contribution < -0.4 is 0 Å². The third-order valence-electron chi connectivity index (χ3n) is 3.55. The summed E-state index contributed by atoms with van der Waals surface area (Å²) in [5, 5.41) is 10.3. The Morgan fingerprint density at radius 1 is 1.09 bits per heavy atom. The van der Waals surface area contributed by atoms with Gasteiger partial charge in [0.25, 0.3) is 0 Å². The van der Waals surface area contributed by atoms with E-state index in [9.17, 15) is 9.90 Å². The summed E-state index contributed by atoms with van der Waals surface area (Å²) in [7, 11) is 0. The van der Waals surface area contributed by atoms with Gasteiger partial charge in [-0.15, -0.1) is 0 Å². The van der Waals surface area contributed by atoms with Gasteiger partial charge in [-0.2, -0.15) is 0 Å². The zero-order valence-corrected chi connectivity index (χ0v) is 15.2. The van der Waals surface area contributed by atoms with Gasteiger partial charge in [0.2, 0.25) is 0 Å². The molecule has 0 aromatic heterocycles. The van der Waals surface area contributed by atoms with E-state index in [0.717, 1.165) is 32.1 Å². The Morgan fingerprint density at radius 3 is 2.23 bits per heavy atom. The molecule has 0 spiro atoms. The molecule has 1 N–H and O–H groups in total. The van der Waals surface area contributed by atoms with Crippen molar-refractivity contribution in [3.63, 3.8) is 0 Å². The van der Waals surface area contributed by atoms with Gasteiger partial charge in [-0.1, -0.05) is 58.1 Å². The molecule has 0 radical (unpaired) electrons. The molecule has 0 aliphatic rings. The highest BCUT2D eigenvalue weighted by molar-refractivity contribution is 5.73. The van der Waals surface area contributed by atoms with Gasteiger partial charge in [0.05, 0.1) is 12.0 Å². The van der Waals surface area contributed by atoms with Crippen LogP contribution in [0.3, 0.4) is 0 Å². The molecule has 0 saturated heterocycles. The lowest BCUT2D eigenvalue weighted by atomic mass is 9.94. The van der Waals surface area contributed by atoms with Crippen molar-refractivity contribution in [1.82, 2.24) is 0 Å². The quantitative estimate of drug-likeness (QED) is 0.331. The molecule has 0 rings (SSSR count). The van der Waals surface area contributed by atoms with Crippen molar-refractivity contribution in [2.24, 2.45) is 5.92 Å². The van der Waals surface area contributed by atoms with Crippen molar-refractivity contribution in [1.29, 1.82) is 0 Å². The predicted molar refractivity (Wildman–Crippen MR) is 92.8 cm³/mol. The largest absolute Gasteiger partial charge is 0.460 e. The SMILES string of the molecule is CCCCC/C=C\C(O)C(CCCCC)C(=O)OC(C)(C)C. The molecule has 0 aliphatic heterocycles. The molecular weight excluding hydrogens is 276 g/mol. The maximum Gasteiger partial charge on any atom is 0.312 e. The van der Waals surface area contributed by atoms with Crippen molar-refractivity contribution >= 4 is 5.97 Å². The van der Waals surface area contributed by atoms with Crippen LogP contribution in [0.1, 0.15) is 86.0 Å². The molecule has 0 aromatic rings. The highest BCUT2D eigenvalue weighted by Gasteiger charge is 2.29. The molecule has 2 atom stereocenters. The highest BCUT2D eigenvalue weighted by Crippen LogP contribution is 2.21. The first kappa shape index (κ1) is 21.2. The molecule has 3 nitrogen and oxygen atoms in total. The maximum atomic E-state index is 12.3. The summed E-state index contributed by atoms with van der Waals surface area (Å²) in [6.07, 6.45) is 11.3. The monoisotopic (exact) mass is 312 g/mol. The van der Waals surface area contributed by atoms with Crippen molar-refractivity contribution < 1.29 is 14.6 Å². The van der Waals surface area contributed by atoms with Crippen LogP contribution in [-0.2, 0) is 9.53 Å². The Kier molecular flexibility index (Phi) is 11.3. The average Bonchev–Trinajstić information content (AvgIpc) is 2.41. The second kappa shape index (κ2) is 11.7. The number of rotatable bonds is 11. The van der Waals surface area contributed by atoms with Gasteiger partial charge in [-0.25, -0.2) is 0 Å². The summed E-state index contributed by atoms with van der Waals surface area (Å²) in [6, 6.07) is 0. The second-order valence-electron chi connectivity index (χ2n) is 7.05. The number of aliphatic hydroxyl groups excluding tert-OH is 1.